The fourth-order valence-corrected chi connectivity index (χ4v) is 2.07. The van der Waals surface area contributed by atoms with Gasteiger partial charge in [-0.15, -0.1) is 0 Å². The second-order valence-corrected chi connectivity index (χ2v) is 4.37. The number of carbonyl (C=O) groups is 1. The molecule has 2 heteroatoms. The molecule has 0 amide bonds. The minimum atomic E-state index is 0.334. The Hall–Kier alpha value is -0.370. The fourth-order valence-electron chi connectivity index (χ4n) is 2.07. The van der Waals surface area contributed by atoms with Crippen molar-refractivity contribution >= 4 is 5.78 Å². The molecule has 0 aromatic rings. The number of nitrogens with one attached hydrogen (secondary N) is 1. The highest BCUT2D eigenvalue weighted by Crippen LogP contribution is 2.34. The van der Waals surface area contributed by atoms with Crippen molar-refractivity contribution in [3.8, 4) is 0 Å². The number of hydrogen-bond donors (Lipinski definition) is 1. The Morgan fingerprint density at radius 1 is 1.25 bits per heavy atom. The molecule has 2 atom stereocenters. The molecule has 1 N–H and O–H groups in total. The van der Waals surface area contributed by atoms with Crippen molar-refractivity contribution in [2.45, 2.75) is 26.2 Å². The number of hydrogen-bond acceptors (Lipinski definition) is 2. The largest absolute Gasteiger partial charge is 0.316 e. The van der Waals surface area contributed by atoms with Gasteiger partial charge < -0.3 is 5.32 Å². The number of piperidine rings is 1. The molecule has 2 rings (SSSR count). The lowest BCUT2D eigenvalue weighted by Gasteiger charge is -2.26. The number of Topliss-reactive ketones (excluding diaryl/α,β-unsaturated/α-hetero) is 1. The van der Waals surface area contributed by atoms with Crippen molar-refractivity contribution in [2.75, 3.05) is 13.1 Å². The van der Waals surface area contributed by atoms with Gasteiger partial charge in [0.05, 0.1) is 0 Å². The van der Waals surface area contributed by atoms with Crippen LogP contribution in [0.25, 0.3) is 0 Å². The molecule has 12 heavy (non-hydrogen) atoms. The van der Waals surface area contributed by atoms with Crippen molar-refractivity contribution in [3.05, 3.63) is 0 Å². The highest BCUT2D eigenvalue weighted by molar-refractivity contribution is 5.85. The van der Waals surface area contributed by atoms with Crippen molar-refractivity contribution in [1.29, 1.82) is 0 Å². The van der Waals surface area contributed by atoms with Crippen LogP contribution in [0.1, 0.15) is 26.2 Å². The van der Waals surface area contributed by atoms with Crippen LogP contribution >= 0.6 is 0 Å². The van der Waals surface area contributed by atoms with Gasteiger partial charge in [0.15, 0.2) is 0 Å². The van der Waals surface area contributed by atoms with E-state index in [4.69, 9.17) is 0 Å². The van der Waals surface area contributed by atoms with E-state index in [0.29, 0.717) is 23.5 Å². The Balaban J connectivity index is 1.89. The molecule has 0 radical (unpaired) electrons. The van der Waals surface area contributed by atoms with Gasteiger partial charge in [-0.25, -0.2) is 0 Å². The number of rotatable bonds is 2. The van der Waals surface area contributed by atoms with E-state index >= 15 is 0 Å². The summed E-state index contributed by atoms with van der Waals surface area (Å²) in [5.41, 5.74) is 0. The average molecular weight is 167 g/mol. The third-order valence-corrected chi connectivity index (χ3v) is 2.95. The van der Waals surface area contributed by atoms with Gasteiger partial charge in [-0.2, -0.15) is 0 Å². The lowest BCUT2D eigenvalue weighted by molar-refractivity contribution is -0.125. The molecule has 2 fully saturated rings. The summed E-state index contributed by atoms with van der Waals surface area (Å²) in [5.74, 6) is 2.00. The van der Waals surface area contributed by atoms with Gasteiger partial charge in [0.25, 0.3) is 0 Å². The van der Waals surface area contributed by atoms with Crippen molar-refractivity contribution in [2.24, 2.45) is 17.8 Å². The Kier molecular flexibility index (Phi) is 2.18. The maximum Gasteiger partial charge on any atom is 0.140 e. The summed E-state index contributed by atoms with van der Waals surface area (Å²) >= 11 is 0. The minimum Gasteiger partial charge on any atom is -0.316 e. The number of ketones is 1. The van der Waals surface area contributed by atoms with Crippen LogP contribution in [0, 0.1) is 17.8 Å². The quantitative estimate of drug-likeness (QED) is 0.670. The van der Waals surface area contributed by atoms with Gasteiger partial charge >= 0.3 is 0 Å². The molecule has 1 aliphatic carbocycles. The van der Waals surface area contributed by atoms with Crippen molar-refractivity contribution < 1.29 is 4.79 Å². The van der Waals surface area contributed by atoms with Gasteiger partial charge in [-0.3, -0.25) is 4.79 Å². The van der Waals surface area contributed by atoms with E-state index in [2.05, 4.69) is 12.2 Å². The van der Waals surface area contributed by atoms with Gasteiger partial charge in [0, 0.05) is 18.4 Å². The Morgan fingerprint density at radius 2 is 2.00 bits per heavy atom. The van der Waals surface area contributed by atoms with E-state index in [1.807, 2.05) is 0 Å². The molecular weight excluding hydrogens is 150 g/mol. The summed E-state index contributed by atoms with van der Waals surface area (Å²) in [4.78, 5) is 11.7. The average Bonchev–Trinajstić information content (AvgIpc) is 2.85. The molecule has 1 saturated carbocycles. The molecule has 0 aromatic carbocycles. The zero-order valence-corrected chi connectivity index (χ0v) is 7.68. The summed E-state index contributed by atoms with van der Waals surface area (Å²) in [6.45, 7) is 4.24. The normalized spacial score (nSPS) is 36.4. The maximum atomic E-state index is 11.7. The van der Waals surface area contributed by atoms with Crippen molar-refractivity contribution in [3.63, 3.8) is 0 Å². The fraction of sp³-hybridized carbons (Fsp3) is 0.900. The van der Waals surface area contributed by atoms with Crippen LogP contribution in [-0.2, 0) is 4.79 Å². The summed E-state index contributed by atoms with van der Waals surface area (Å²) < 4.78 is 0. The minimum absolute atomic E-state index is 0.334. The van der Waals surface area contributed by atoms with Gasteiger partial charge in [-0.05, 0) is 31.7 Å². The SMILES string of the molecule is CC1CNCC(C(=O)C2CC2)C1. The van der Waals surface area contributed by atoms with Crippen LogP contribution in [0.2, 0.25) is 0 Å². The van der Waals surface area contributed by atoms with E-state index in [1.54, 1.807) is 0 Å². The monoisotopic (exact) mass is 167 g/mol. The smallest absolute Gasteiger partial charge is 0.140 e. The van der Waals surface area contributed by atoms with E-state index in [9.17, 15) is 4.79 Å². The van der Waals surface area contributed by atoms with Gasteiger partial charge in [0.1, 0.15) is 5.78 Å². The molecule has 0 aromatic heterocycles. The third-order valence-electron chi connectivity index (χ3n) is 2.95. The zero-order chi connectivity index (χ0) is 8.55. The lowest BCUT2D eigenvalue weighted by Crippen LogP contribution is -2.39. The predicted octanol–water partition coefficient (Wildman–Crippen LogP) is 1.21. The standard InChI is InChI=1S/C10H17NO/c1-7-4-9(6-11-5-7)10(12)8-2-3-8/h7-9,11H,2-6H2,1H3. The Morgan fingerprint density at radius 3 is 2.58 bits per heavy atom. The molecule has 2 aliphatic rings. The van der Waals surface area contributed by atoms with E-state index in [0.717, 1.165) is 32.4 Å². The molecule has 0 spiro atoms. The molecule has 68 valence electrons. The summed E-state index contributed by atoms with van der Waals surface area (Å²) in [5, 5.41) is 3.33. The summed E-state index contributed by atoms with van der Waals surface area (Å²) in [7, 11) is 0. The zero-order valence-electron chi connectivity index (χ0n) is 7.68. The topological polar surface area (TPSA) is 29.1 Å². The number of carbonyl (C=O) groups excluding carboxylic acids is 1. The molecule has 1 heterocycles. The second-order valence-electron chi connectivity index (χ2n) is 4.37. The summed E-state index contributed by atoms with van der Waals surface area (Å²) in [6, 6.07) is 0. The molecule has 2 unspecified atom stereocenters. The van der Waals surface area contributed by atoms with Crippen LogP contribution in [0.4, 0.5) is 0 Å². The highest BCUT2D eigenvalue weighted by Gasteiger charge is 2.36. The van der Waals surface area contributed by atoms with Crippen LogP contribution in [0.3, 0.4) is 0 Å². The molecule has 0 bridgehead atoms. The van der Waals surface area contributed by atoms with E-state index in [-0.39, 0.29) is 0 Å². The summed E-state index contributed by atoms with van der Waals surface area (Å²) in [6.07, 6.45) is 3.43. The first kappa shape index (κ1) is 8.24. The maximum absolute atomic E-state index is 11.7. The van der Waals surface area contributed by atoms with Gasteiger partial charge in [-0.1, -0.05) is 6.92 Å². The van der Waals surface area contributed by atoms with Gasteiger partial charge in [0.2, 0.25) is 0 Å². The molecule has 1 aliphatic heterocycles. The van der Waals surface area contributed by atoms with E-state index < -0.39 is 0 Å². The molecule has 1 saturated heterocycles. The second kappa shape index (κ2) is 3.17. The van der Waals surface area contributed by atoms with Crippen LogP contribution in [0.15, 0.2) is 0 Å². The lowest BCUT2D eigenvalue weighted by atomic mass is 9.87. The molecule has 2 nitrogen and oxygen atoms in total. The van der Waals surface area contributed by atoms with Crippen molar-refractivity contribution in [1.82, 2.24) is 5.32 Å². The molecular formula is C10H17NO. The Bertz CT molecular complexity index is 186. The highest BCUT2D eigenvalue weighted by atomic mass is 16.1. The van der Waals surface area contributed by atoms with E-state index in [1.165, 1.54) is 0 Å². The van der Waals surface area contributed by atoms with Crippen LogP contribution in [0.5, 0.6) is 0 Å². The predicted molar refractivity (Wildman–Crippen MR) is 47.9 cm³/mol. The van der Waals surface area contributed by atoms with Crippen LogP contribution in [-0.4, -0.2) is 18.9 Å². The third kappa shape index (κ3) is 1.69. The first-order valence-electron chi connectivity index (χ1n) is 5.02. The first-order valence-corrected chi connectivity index (χ1v) is 5.02. The Labute approximate surface area is 73.7 Å². The first-order chi connectivity index (χ1) is 5.77. The van der Waals surface area contributed by atoms with Crippen LogP contribution < -0.4 is 5.32 Å².